The van der Waals surface area contributed by atoms with Gasteiger partial charge in [-0.25, -0.2) is 4.79 Å². The van der Waals surface area contributed by atoms with Gasteiger partial charge in [-0.2, -0.15) is 0 Å². The fourth-order valence-corrected chi connectivity index (χ4v) is 1.58. The topological polar surface area (TPSA) is 46.5 Å². The molecule has 0 saturated carbocycles. The highest BCUT2D eigenvalue weighted by atomic mass is 16.5. The minimum Gasteiger partial charge on any atom is -0.478 e. The summed E-state index contributed by atoms with van der Waals surface area (Å²) >= 11 is 0. The Morgan fingerprint density at radius 1 is 1.44 bits per heavy atom. The van der Waals surface area contributed by atoms with Crippen LogP contribution >= 0.6 is 0 Å². The van der Waals surface area contributed by atoms with Gasteiger partial charge in [0.15, 0.2) is 0 Å². The molecular weight excluding hydrogens is 204 g/mol. The van der Waals surface area contributed by atoms with Crippen LogP contribution in [0.25, 0.3) is 0 Å². The number of aromatic carboxylic acids is 1. The van der Waals surface area contributed by atoms with Crippen LogP contribution in [-0.2, 0) is 11.3 Å². The van der Waals surface area contributed by atoms with Gasteiger partial charge < -0.3 is 9.84 Å². The van der Waals surface area contributed by atoms with Crippen LogP contribution in [0.5, 0.6) is 0 Å². The molecule has 1 unspecified atom stereocenters. The average molecular weight is 222 g/mol. The molecule has 1 aromatic rings. The van der Waals surface area contributed by atoms with Crippen molar-refractivity contribution in [2.75, 3.05) is 0 Å². The normalized spacial score (nSPS) is 12.4. The van der Waals surface area contributed by atoms with E-state index in [1.54, 1.807) is 18.2 Å². The lowest BCUT2D eigenvalue weighted by Crippen LogP contribution is -2.10. The molecular formula is C13H18O3. The maximum absolute atomic E-state index is 10.9. The number of hydrogen-bond donors (Lipinski definition) is 1. The zero-order chi connectivity index (χ0) is 12.0. The van der Waals surface area contributed by atoms with Crippen molar-refractivity contribution in [1.82, 2.24) is 0 Å². The third kappa shape index (κ3) is 3.66. The fourth-order valence-electron chi connectivity index (χ4n) is 1.58. The van der Waals surface area contributed by atoms with Crippen LogP contribution in [0.2, 0.25) is 0 Å². The van der Waals surface area contributed by atoms with Crippen LogP contribution in [0, 0.1) is 0 Å². The van der Waals surface area contributed by atoms with Gasteiger partial charge >= 0.3 is 5.97 Å². The lowest BCUT2D eigenvalue weighted by atomic mass is 10.1. The van der Waals surface area contributed by atoms with E-state index < -0.39 is 5.97 Å². The maximum Gasteiger partial charge on any atom is 0.336 e. The van der Waals surface area contributed by atoms with E-state index in [0.717, 1.165) is 18.4 Å². The van der Waals surface area contributed by atoms with Crippen molar-refractivity contribution in [3.8, 4) is 0 Å². The van der Waals surface area contributed by atoms with Crippen molar-refractivity contribution in [1.29, 1.82) is 0 Å². The Kier molecular flexibility index (Phi) is 4.99. The molecule has 0 amide bonds. The van der Waals surface area contributed by atoms with Crippen LogP contribution in [-0.4, -0.2) is 17.2 Å². The zero-order valence-electron chi connectivity index (χ0n) is 9.77. The van der Waals surface area contributed by atoms with Gasteiger partial charge in [-0.05, 0) is 25.0 Å². The highest BCUT2D eigenvalue weighted by molar-refractivity contribution is 5.89. The number of rotatable bonds is 6. The second kappa shape index (κ2) is 6.28. The van der Waals surface area contributed by atoms with Crippen LogP contribution in [0.1, 0.15) is 42.6 Å². The molecule has 0 radical (unpaired) electrons. The van der Waals surface area contributed by atoms with Gasteiger partial charge in [0.25, 0.3) is 0 Å². The first-order valence-corrected chi connectivity index (χ1v) is 5.58. The first-order valence-electron chi connectivity index (χ1n) is 5.58. The number of carboxylic acids is 1. The summed E-state index contributed by atoms with van der Waals surface area (Å²) in [6.45, 7) is 4.47. The summed E-state index contributed by atoms with van der Waals surface area (Å²) in [4.78, 5) is 10.9. The molecule has 0 fully saturated rings. The second-order valence-corrected chi connectivity index (χ2v) is 3.87. The Labute approximate surface area is 96.1 Å². The summed E-state index contributed by atoms with van der Waals surface area (Å²) in [6, 6.07) is 6.95. The molecule has 0 aliphatic carbocycles. The summed E-state index contributed by atoms with van der Waals surface area (Å²) in [6.07, 6.45) is 2.24. The van der Waals surface area contributed by atoms with Crippen molar-refractivity contribution in [2.24, 2.45) is 0 Å². The number of hydrogen-bond acceptors (Lipinski definition) is 2. The van der Waals surface area contributed by atoms with E-state index in [1.807, 2.05) is 13.0 Å². The van der Waals surface area contributed by atoms with Gasteiger partial charge in [0.1, 0.15) is 0 Å². The average Bonchev–Trinajstić information content (AvgIpc) is 2.27. The van der Waals surface area contributed by atoms with E-state index in [1.165, 1.54) is 0 Å². The van der Waals surface area contributed by atoms with E-state index in [-0.39, 0.29) is 6.10 Å². The van der Waals surface area contributed by atoms with E-state index in [4.69, 9.17) is 9.84 Å². The quantitative estimate of drug-likeness (QED) is 0.804. The smallest absolute Gasteiger partial charge is 0.336 e. The molecule has 1 rings (SSSR count). The molecule has 0 bridgehead atoms. The van der Waals surface area contributed by atoms with Crippen molar-refractivity contribution in [2.45, 2.75) is 39.4 Å². The van der Waals surface area contributed by atoms with Gasteiger partial charge in [0.05, 0.1) is 18.3 Å². The minimum atomic E-state index is -0.901. The third-order valence-corrected chi connectivity index (χ3v) is 2.47. The van der Waals surface area contributed by atoms with Crippen LogP contribution in [0.4, 0.5) is 0 Å². The molecule has 0 aromatic heterocycles. The highest BCUT2D eigenvalue weighted by Gasteiger charge is 2.10. The Bertz CT molecular complexity index is 347. The van der Waals surface area contributed by atoms with E-state index >= 15 is 0 Å². The molecule has 1 atom stereocenters. The van der Waals surface area contributed by atoms with Gasteiger partial charge in [-0.3, -0.25) is 0 Å². The lowest BCUT2D eigenvalue weighted by Gasteiger charge is -2.13. The standard InChI is InChI=1S/C13H18O3/c1-3-6-10(2)16-9-11-7-4-5-8-12(11)13(14)15/h4-5,7-8,10H,3,6,9H2,1-2H3,(H,14,15). The van der Waals surface area contributed by atoms with Crippen molar-refractivity contribution in [3.05, 3.63) is 35.4 Å². The Morgan fingerprint density at radius 3 is 2.75 bits per heavy atom. The first-order chi connectivity index (χ1) is 7.65. The van der Waals surface area contributed by atoms with Crippen LogP contribution in [0.15, 0.2) is 24.3 Å². The number of carboxylic acid groups (broad SMARTS) is 1. The van der Waals surface area contributed by atoms with Crippen molar-refractivity contribution >= 4 is 5.97 Å². The summed E-state index contributed by atoms with van der Waals surface area (Å²) in [5.74, 6) is -0.901. The molecule has 0 spiro atoms. The minimum absolute atomic E-state index is 0.173. The Morgan fingerprint density at radius 2 is 2.12 bits per heavy atom. The maximum atomic E-state index is 10.9. The first kappa shape index (κ1) is 12.7. The van der Waals surface area contributed by atoms with Crippen LogP contribution in [0.3, 0.4) is 0 Å². The second-order valence-electron chi connectivity index (χ2n) is 3.87. The molecule has 0 aliphatic rings. The largest absolute Gasteiger partial charge is 0.478 e. The molecule has 16 heavy (non-hydrogen) atoms. The van der Waals surface area contributed by atoms with E-state index in [2.05, 4.69) is 6.92 Å². The lowest BCUT2D eigenvalue weighted by molar-refractivity contribution is 0.0454. The Hall–Kier alpha value is -1.35. The van der Waals surface area contributed by atoms with Crippen molar-refractivity contribution < 1.29 is 14.6 Å². The van der Waals surface area contributed by atoms with Gasteiger partial charge in [0, 0.05) is 0 Å². The SMILES string of the molecule is CCCC(C)OCc1ccccc1C(=O)O. The molecule has 0 saturated heterocycles. The monoisotopic (exact) mass is 222 g/mol. The molecule has 3 heteroatoms. The predicted molar refractivity (Wildman–Crippen MR) is 62.6 cm³/mol. The Balaban J connectivity index is 2.63. The van der Waals surface area contributed by atoms with Crippen LogP contribution < -0.4 is 0 Å². The third-order valence-electron chi connectivity index (χ3n) is 2.47. The predicted octanol–water partition coefficient (Wildman–Crippen LogP) is 3.09. The summed E-state index contributed by atoms with van der Waals surface area (Å²) in [5.41, 5.74) is 1.06. The summed E-state index contributed by atoms with van der Waals surface area (Å²) < 4.78 is 5.60. The van der Waals surface area contributed by atoms with E-state index in [0.29, 0.717) is 12.2 Å². The molecule has 88 valence electrons. The molecule has 0 aliphatic heterocycles. The summed E-state index contributed by atoms with van der Waals surface area (Å²) in [7, 11) is 0. The molecule has 1 N–H and O–H groups in total. The number of benzene rings is 1. The molecule has 3 nitrogen and oxygen atoms in total. The number of ether oxygens (including phenoxy) is 1. The van der Waals surface area contributed by atoms with Gasteiger partial charge in [-0.15, -0.1) is 0 Å². The van der Waals surface area contributed by atoms with Crippen molar-refractivity contribution in [3.63, 3.8) is 0 Å². The summed E-state index contributed by atoms with van der Waals surface area (Å²) in [5, 5.41) is 8.98. The molecule has 1 aromatic carbocycles. The zero-order valence-corrected chi connectivity index (χ0v) is 9.77. The van der Waals surface area contributed by atoms with Gasteiger partial charge in [0.2, 0.25) is 0 Å². The highest BCUT2D eigenvalue weighted by Crippen LogP contribution is 2.12. The fraction of sp³-hybridized carbons (Fsp3) is 0.462. The molecule has 0 heterocycles. The number of carbonyl (C=O) groups is 1. The van der Waals surface area contributed by atoms with Gasteiger partial charge in [-0.1, -0.05) is 31.5 Å². The van der Waals surface area contributed by atoms with E-state index in [9.17, 15) is 4.79 Å².